The summed E-state index contributed by atoms with van der Waals surface area (Å²) in [5, 5.41) is 31.0. The third-order valence-electron chi connectivity index (χ3n) is 4.99. The molecule has 0 spiro atoms. The number of aliphatic hydroxyl groups is 2. The minimum Gasteiger partial charge on any atom is -0.507 e. The van der Waals surface area contributed by atoms with Crippen LogP contribution in [-0.4, -0.2) is 65.2 Å². The van der Waals surface area contributed by atoms with E-state index < -0.39 is 28.4 Å². The normalized spacial score (nSPS) is 17.6. The number of aliphatic hydroxyl groups excluding tert-OH is 2. The summed E-state index contributed by atoms with van der Waals surface area (Å²) >= 11 is 0. The molecule has 1 aliphatic heterocycles. The van der Waals surface area contributed by atoms with Crippen LogP contribution in [-0.2, 0) is 14.3 Å². The molecule has 1 aliphatic rings. The Morgan fingerprint density at radius 1 is 1.16 bits per heavy atom. The number of nitrogens with zero attached hydrogens (tertiary/aromatic N) is 2. The Hall–Kier alpha value is -3.76. The summed E-state index contributed by atoms with van der Waals surface area (Å²) in [6, 6.07) is 10.9. The van der Waals surface area contributed by atoms with Gasteiger partial charge in [0.1, 0.15) is 11.5 Å². The lowest BCUT2D eigenvalue weighted by atomic mass is 9.95. The SMILES string of the molecule is COc1cccc([C@@H]2C(=C(O)c3cccc([N+](=O)[O-])c3)C(=O)C(=O)N2CCOCCO)c1. The van der Waals surface area contributed by atoms with Crippen LogP contribution in [0, 0.1) is 10.1 Å². The number of hydrogen-bond donors (Lipinski definition) is 2. The van der Waals surface area contributed by atoms with Crippen LogP contribution in [0.1, 0.15) is 17.2 Å². The third-order valence-corrected chi connectivity index (χ3v) is 4.99. The van der Waals surface area contributed by atoms with Crippen molar-refractivity contribution in [1.29, 1.82) is 0 Å². The molecule has 0 saturated carbocycles. The van der Waals surface area contributed by atoms with Crippen molar-refractivity contribution in [2.24, 2.45) is 0 Å². The molecule has 1 amide bonds. The maximum Gasteiger partial charge on any atom is 0.295 e. The first-order chi connectivity index (χ1) is 15.4. The highest BCUT2D eigenvalue weighted by molar-refractivity contribution is 6.46. The molecule has 10 nitrogen and oxygen atoms in total. The molecule has 0 bridgehead atoms. The summed E-state index contributed by atoms with van der Waals surface area (Å²) in [6.45, 7) is -0.0323. The van der Waals surface area contributed by atoms with Crippen molar-refractivity contribution in [1.82, 2.24) is 4.90 Å². The fourth-order valence-electron chi connectivity index (χ4n) is 3.52. The second kappa shape index (κ2) is 10.0. The summed E-state index contributed by atoms with van der Waals surface area (Å²) in [6.07, 6.45) is 0. The predicted octanol–water partition coefficient (Wildman–Crippen LogP) is 2.03. The van der Waals surface area contributed by atoms with E-state index in [0.29, 0.717) is 11.3 Å². The number of carbonyl (C=O) groups is 2. The van der Waals surface area contributed by atoms with Crippen molar-refractivity contribution in [3.8, 4) is 5.75 Å². The van der Waals surface area contributed by atoms with Crippen LogP contribution in [0.5, 0.6) is 5.75 Å². The van der Waals surface area contributed by atoms with E-state index in [0.717, 1.165) is 6.07 Å². The van der Waals surface area contributed by atoms with Gasteiger partial charge in [0.15, 0.2) is 0 Å². The van der Waals surface area contributed by atoms with Gasteiger partial charge < -0.3 is 24.6 Å². The van der Waals surface area contributed by atoms with Crippen LogP contribution < -0.4 is 4.74 Å². The van der Waals surface area contributed by atoms with Crippen LogP contribution in [0.4, 0.5) is 5.69 Å². The quantitative estimate of drug-likeness (QED) is 0.150. The molecule has 10 heteroatoms. The summed E-state index contributed by atoms with van der Waals surface area (Å²) < 4.78 is 10.5. The number of amides is 1. The molecular formula is C22H22N2O8. The highest BCUT2D eigenvalue weighted by Gasteiger charge is 2.46. The number of Topliss-reactive ketones (excluding diaryl/α,β-unsaturated/α-hetero) is 1. The molecular weight excluding hydrogens is 420 g/mol. The lowest BCUT2D eigenvalue weighted by Gasteiger charge is -2.25. The first-order valence-electron chi connectivity index (χ1n) is 9.74. The standard InChI is InChI=1S/C22H22N2O8/c1-31-17-7-3-4-14(13-17)19-18(20(26)15-5-2-6-16(12-15)24(29)30)21(27)22(28)23(19)8-10-32-11-9-25/h2-7,12-13,19,25-26H,8-11H2,1H3/t19-/m1/s1. The monoisotopic (exact) mass is 442 g/mol. The Balaban J connectivity index is 2.11. The van der Waals surface area contributed by atoms with Crippen LogP contribution in [0.3, 0.4) is 0 Å². The summed E-state index contributed by atoms with van der Waals surface area (Å²) in [5.41, 5.74) is 0.101. The average Bonchev–Trinajstić information content (AvgIpc) is 3.06. The van der Waals surface area contributed by atoms with Gasteiger partial charge in [0, 0.05) is 24.2 Å². The molecule has 1 fully saturated rings. The van der Waals surface area contributed by atoms with Crippen LogP contribution >= 0.6 is 0 Å². The first-order valence-corrected chi connectivity index (χ1v) is 9.74. The van der Waals surface area contributed by atoms with Gasteiger partial charge >= 0.3 is 0 Å². The number of nitro benzene ring substituents is 1. The Bertz CT molecular complexity index is 1070. The predicted molar refractivity (Wildman–Crippen MR) is 113 cm³/mol. The van der Waals surface area contributed by atoms with Crippen molar-refractivity contribution < 1.29 is 34.2 Å². The minimum absolute atomic E-state index is 0.0260. The van der Waals surface area contributed by atoms with Gasteiger partial charge in [-0.2, -0.15) is 0 Å². The van der Waals surface area contributed by atoms with Crippen molar-refractivity contribution >= 4 is 23.1 Å². The molecule has 0 aliphatic carbocycles. The molecule has 32 heavy (non-hydrogen) atoms. The second-order valence-electron chi connectivity index (χ2n) is 6.91. The zero-order valence-electron chi connectivity index (χ0n) is 17.3. The van der Waals surface area contributed by atoms with E-state index in [9.17, 15) is 24.8 Å². The smallest absolute Gasteiger partial charge is 0.295 e. The van der Waals surface area contributed by atoms with Crippen molar-refractivity contribution in [2.75, 3.05) is 33.5 Å². The maximum atomic E-state index is 12.9. The van der Waals surface area contributed by atoms with Gasteiger partial charge in [-0.15, -0.1) is 0 Å². The number of benzene rings is 2. The average molecular weight is 442 g/mol. The Morgan fingerprint density at radius 3 is 2.59 bits per heavy atom. The Morgan fingerprint density at radius 2 is 1.91 bits per heavy atom. The zero-order chi connectivity index (χ0) is 23.3. The summed E-state index contributed by atoms with van der Waals surface area (Å²) in [7, 11) is 1.47. The summed E-state index contributed by atoms with van der Waals surface area (Å²) in [5.74, 6) is -1.78. The lowest BCUT2D eigenvalue weighted by molar-refractivity contribution is -0.384. The first kappa shape index (κ1) is 22.9. The van der Waals surface area contributed by atoms with E-state index in [1.807, 2.05) is 0 Å². The van der Waals surface area contributed by atoms with Crippen molar-refractivity contribution in [2.45, 2.75) is 6.04 Å². The number of ether oxygens (including phenoxy) is 2. The van der Waals surface area contributed by atoms with E-state index in [1.54, 1.807) is 24.3 Å². The number of rotatable bonds is 9. The number of likely N-dealkylation sites (tertiary alicyclic amines) is 1. The lowest BCUT2D eigenvalue weighted by Crippen LogP contribution is -2.33. The van der Waals surface area contributed by atoms with Gasteiger partial charge in [0.05, 0.1) is 43.5 Å². The van der Waals surface area contributed by atoms with Gasteiger partial charge in [-0.1, -0.05) is 24.3 Å². The van der Waals surface area contributed by atoms with E-state index in [-0.39, 0.29) is 43.2 Å². The molecule has 2 N–H and O–H groups in total. The minimum atomic E-state index is -0.956. The van der Waals surface area contributed by atoms with Gasteiger partial charge in [0.2, 0.25) is 0 Å². The number of non-ortho nitro benzene ring substituents is 1. The molecule has 0 unspecified atom stereocenters. The molecule has 1 saturated heterocycles. The number of ketones is 1. The van der Waals surface area contributed by atoms with Crippen LogP contribution in [0.15, 0.2) is 54.1 Å². The van der Waals surface area contributed by atoms with Gasteiger partial charge in [-0.05, 0) is 17.7 Å². The molecule has 2 aromatic rings. The van der Waals surface area contributed by atoms with Crippen molar-refractivity contribution in [3.63, 3.8) is 0 Å². The number of nitro groups is 1. The number of methoxy groups -OCH3 is 1. The highest BCUT2D eigenvalue weighted by atomic mass is 16.6. The van der Waals surface area contributed by atoms with E-state index in [4.69, 9.17) is 14.6 Å². The van der Waals surface area contributed by atoms with Crippen molar-refractivity contribution in [3.05, 3.63) is 75.3 Å². The van der Waals surface area contributed by atoms with Crippen LogP contribution in [0.2, 0.25) is 0 Å². The van der Waals surface area contributed by atoms with Gasteiger partial charge in [-0.25, -0.2) is 0 Å². The fourth-order valence-corrected chi connectivity index (χ4v) is 3.52. The van der Waals surface area contributed by atoms with Gasteiger partial charge in [0.25, 0.3) is 17.4 Å². The third kappa shape index (κ3) is 4.61. The van der Waals surface area contributed by atoms with E-state index >= 15 is 0 Å². The highest BCUT2D eigenvalue weighted by Crippen LogP contribution is 2.40. The Kier molecular flexibility index (Phi) is 7.18. The zero-order valence-corrected chi connectivity index (χ0v) is 17.3. The summed E-state index contributed by atoms with van der Waals surface area (Å²) in [4.78, 5) is 37.5. The molecule has 1 heterocycles. The van der Waals surface area contributed by atoms with Crippen LogP contribution in [0.25, 0.3) is 5.76 Å². The van der Waals surface area contributed by atoms with Gasteiger partial charge in [-0.3, -0.25) is 19.7 Å². The fraction of sp³-hybridized carbons (Fsp3) is 0.273. The largest absolute Gasteiger partial charge is 0.507 e. The Labute approximate surface area is 183 Å². The second-order valence-corrected chi connectivity index (χ2v) is 6.91. The molecule has 3 rings (SSSR count). The molecule has 1 atom stereocenters. The topological polar surface area (TPSA) is 139 Å². The molecule has 0 aromatic heterocycles. The molecule has 0 radical (unpaired) electrons. The maximum absolute atomic E-state index is 12.9. The molecule has 2 aromatic carbocycles. The number of carbonyl (C=O) groups excluding carboxylic acids is 2. The van der Waals surface area contributed by atoms with E-state index in [2.05, 4.69) is 0 Å². The molecule has 168 valence electrons. The number of hydrogen-bond acceptors (Lipinski definition) is 8. The van der Waals surface area contributed by atoms with E-state index in [1.165, 1.54) is 30.2 Å².